The average Bonchev–Trinajstić information content (AvgIpc) is 2.85. The van der Waals surface area contributed by atoms with Gasteiger partial charge in [0.1, 0.15) is 22.2 Å². The SMILES string of the molecule is Cc1ccc(C(C)NC(=O)c2ccc(C(N)=S)cn2)o1. The predicted molar refractivity (Wildman–Crippen MR) is 79.5 cm³/mol. The van der Waals surface area contributed by atoms with Crippen molar-refractivity contribution in [3.63, 3.8) is 0 Å². The Morgan fingerprint density at radius 1 is 1.40 bits per heavy atom. The second-order valence-electron chi connectivity index (χ2n) is 4.44. The van der Waals surface area contributed by atoms with Gasteiger partial charge in [-0.25, -0.2) is 0 Å². The lowest BCUT2D eigenvalue weighted by Crippen LogP contribution is -2.27. The van der Waals surface area contributed by atoms with Gasteiger partial charge in [-0.15, -0.1) is 0 Å². The van der Waals surface area contributed by atoms with E-state index in [0.717, 1.165) is 5.76 Å². The van der Waals surface area contributed by atoms with E-state index in [2.05, 4.69) is 10.3 Å². The van der Waals surface area contributed by atoms with Crippen LogP contribution in [0, 0.1) is 6.92 Å². The fourth-order valence-electron chi connectivity index (χ4n) is 1.70. The van der Waals surface area contributed by atoms with E-state index in [9.17, 15) is 4.79 Å². The van der Waals surface area contributed by atoms with Crippen molar-refractivity contribution >= 4 is 23.1 Å². The van der Waals surface area contributed by atoms with Gasteiger partial charge in [0.25, 0.3) is 5.91 Å². The fraction of sp³-hybridized carbons (Fsp3) is 0.214. The predicted octanol–water partition coefficient (Wildman–Crippen LogP) is 2.11. The number of thiocarbonyl (C=S) groups is 1. The number of furan rings is 1. The van der Waals surface area contributed by atoms with E-state index in [1.807, 2.05) is 26.0 Å². The van der Waals surface area contributed by atoms with Crippen LogP contribution < -0.4 is 11.1 Å². The molecule has 0 radical (unpaired) electrons. The lowest BCUT2D eigenvalue weighted by molar-refractivity contribution is 0.0930. The van der Waals surface area contributed by atoms with Crippen molar-refractivity contribution in [1.82, 2.24) is 10.3 Å². The van der Waals surface area contributed by atoms with Gasteiger partial charge in [-0.3, -0.25) is 9.78 Å². The molecular formula is C14H15N3O2S. The van der Waals surface area contributed by atoms with Gasteiger partial charge in [-0.05, 0) is 38.1 Å². The number of nitrogens with two attached hydrogens (primary N) is 1. The Morgan fingerprint density at radius 3 is 2.65 bits per heavy atom. The molecule has 104 valence electrons. The summed E-state index contributed by atoms with van der Waals surface area (Å²) in [6.45, 7) is 3.70. The van der Waals surface area contributed by atoms with Crippen LogP contribution in [0.4, 0.5) is 0 Å². The van der Waals surface area contributed by atoms with Crippen molar-refractivity contribution in [2.24, 2.45) is 5.73 Å². The third-order valence-electron chi connectivity index (χ3n) is 2.82. The quantitative estimate of drug-likeness (QED) is 0.842. The Morgan fingerprint density at radius 2 is 2.15 bits per heavy atom. The number of nitrogens with one attached hydrogen (secondary N) is 1. The maximum Gasteiger partial charge on any atom is 0.270 e. The van der Waals surface area contributed by atoms with E-state index in [1.54, 1.807) is 12.1 Å². The van der Waals surface area contributed by atoms with Gasteiger partial charge in [0, 0.05) is 11.8 Å². The van der Waals surface area contributed by atoms with Crippen molar-refractivity contribution in [2.75, 3.05) is 0 Å². The zero-order valence-corrected chi connectivity index (χ0v) is 12.0. The molecule has 6 heteroatoms. The summed E-state index contributed by atoms with van der Waals surface area (Å²) in [4.78, 5) is 16.3. The van der Waals surface area contributed by atoms with Crippen LogP contribution in [0.5, 0.6) is 0 Å². The Hall–Kier alpha value is -2.21. The van der Waals surface area contributed by atoms with Crippen molar-refractivity contribution in [1.29, 1.82) is 0 Å². The van der Waals surface area contributed by atoms with E-state index in [-0.39, 0.29) is 16.9 Å². The van der Waals surface area contributed by atoms with E-state index in [1.165, 1.54) is 6.20 Å². The lowest BCUT2D eigenvalue weighted by Gasteiger charge is -2.11. The summed E-state index contributed by atoms with van der Waals surface area (Å²) in [5, 5.41) is 2.82. The Kier molecular flexibility index (Phi) is 4.14. The van der Waals surface area contributed by atoms with Crippen LogP contribution >= 0.6 is 12.2 Å². The summed E-state index contributed by atoms with van der Waals surface area (Å²) >= 11 is 4.83. The number of rotatable bonds is 4. The molecule has 3 N–H and O–H groups in total. The van der Waals surface area contributed by atoms with Gasteiger partial charge in [0.05, 0.1) is 6.04 Å². The summed E-state index contributed by atoms with van der Waals surface area (Å²) in [6, 6.07) is 6.72. The van der Waals surface area contributed by atoms with Gasteiger partial charge in [-0.2, -0.15) is 0 Å². The van der Waals surface area contributed by atoms with Crippen molar-refractivity contribution in [2.45, 2.75) is 19.9 Å². The molecule has 0 fully saturated rings. The molecular weight excluding hydrogens is 274 g/mol. The highest BCUT2D eigenvalue weighted by Gasteiger charge is 2.15. The zero-order valence-electron chi connectivity index (χ0n) is 11.2. The minimum Gasteiger partial charge on any atom is -0.464 e. The Labute approximate surface area is 122 Å². The number of hydrogen-bond donors (Lipinski definition) is 2. The minimum atomic E-state index is -0.277. The van der Waals surface area contributed by atoms with Crippen molar-refractivity contribution in [3.8, 4) is 0 Å². The molecule has 5 nitrogen and oxygen atoms in total. The first-order valence-electron chi connectivity index (χ1n) is 6.10. The van der Waals surface area contributed by atoms with Gasteiger partial charge >= 0.3 is 0 Å². The molecule has 0 spiro atoms. The molecule has 2 heterocycles. The molecule has 0 aromatic carbocycles. The molecule has 2 aromatic heterocycles. The summed E-state index contributed by atoms with van der Waals surface area (Å²) in [6.07, 6.45) is 1.49. The van der Waals surface area contributed by atoms with E-state index >= 15 is 0 Å². The molecule has 2 rings (SSSR count). The third-order valence-corrected chi connectivity index (χ3v) is 3.05. The molecule has 0 bridgehead atoms. The largest absolute Gasteiger partial charge is 0.464 e. The molecule has 0 aliphatic rings. The van der Waals surface area contributed by atoms with Crippen LogP contribution in [0.15, 0.2) is 34.9 Å². The Bertz CT molecular complexity index is 634. The maximum atomic E-state index is 12.0. The summed E-state index contributed by atoms with van der Waals surface area (Å²) < 4.78 is 5.46. The number of aryl methyl sites for hydroxylation is 1. The second kappa shape index (κ2) is 5.83. The highest BCUT2D eigenvalue weighted by atomic mass is 32.1. The van der Waals surface area contributed by atoms with Crippen LogP contribution in [-0.4, -0.2) is 15.9 Å². The smallest absolute Gasteiger partial charge is 0.270 e. The maximum absolute atomic E-state index is 12.0. The topological polar surface area (TPSA) is 81.2 Å². The summed E-state index contributed by atoms with van der Waals surface area (Å²) in [5.41, 5.74) is 6.41. The average molecular weight is 289 g/mol. The number of carbonyl (C=O) groups is 1. The van der Waals surface area contributed by atoms with Gasteiger partial charge < -0.3 is 15.5 Å². The summed E-state index contributed by atoms with van der Waals surface area (Å²) in [5.74, 6) is 1.23. The van der Waals surface area contributed by atoms with Crippen LogP contribution in [0.1, 0.15) is 40.5 Å². The Balaban J connectivity index is 2.06. The molecule has 0 aliphatic heterocycles. The zero-order chi connectivity index (χ0) is 14.7. The summed E-state index contributed by atoms with van der Waals surface area (Å²) in [7, 11) is 0. The molecule has 1 unspecified atom stereocenters. The normalized spacial score (nSPS) is 11.9. The number of carbonyl (C=O) groups excluding carboxylic acids is 1. The highest BCUT2D eigenvalue weighted by molar-refractivity contribution is 7.80. The van der Waals surface area contributed by atoms with E-state index in [4.69, 9.17) is 22.4 Å². The van der Waals surface area contributed by atoms with Crippen LogP contribution in [0.2, 0.25) is 0 Å². The van der Waals surface area contributed by atoms with Gasteiger partial charge in [-0.1, -0.05) is 12.2 Å². The minimum absolute atomic E-state index is 0.228. The molecule has 0 saturated heterocycles. The van der Waals surface area contributed by atoms with Crippen molar-refractivity contribution in [3.05, 3.63) is 53.2 Å². The molecule has 0 saturated carbocycles. The van der Waals surface area contributed by atoms with Crippen LogP contribution in [0.3, 0.4) is 0 Å². The first-order valence-corrected chi connectivity index (χ1v) is 6.51. The monoisotopic (exact) mass is 289 g/mol. The van der Waals surface area contributed by atoms with E-state index < -0.39 is 0 Å². The lowest BCUT2D eigenvalue weighted by atomic mass is 10.2. The fourth-order valence-corrected chi connectivity index (χ4v) is 1.82. The van der Waals surface area contributed by atoms with Crippen LogP contribution in [0.25, 0.3) is 0 Å². The van der Waals surface area contributed by atoms with E-state index in [0.29, 0.717) is 17.0 Å². The molecule has 20 heavy (non-hydrogen) atoms. The number of nitrogens with zero attached hydrogens (tertiary/aromatic N) is 1. The first kappa shape index (κ1) is 14.2. The number of hydrogen-bond acceptors (Lipinski definition) is 4. The first-order chi connectivity index (χ1) is 9.47. The number of amides is 1. The highest BCUT2D eigenvalue weighted by Crippen LogP contribution is 2.16. The number of aromatic nitrogens is 1. The van der Waals surface area contributed by atoms with Gasteiger partial charge in [0.15, 0.2) is 0 Å². The number of pyridine rings is 1. The standard InChI is InChI=1S/C14H15N3O2S/c1-8-3-6-12(19-8)9(2)17-14(18)11-5-4-10(7-16-11)13(15)20/h3-7,9H,1-2H3,(H2,15,20)(H,17,18). The molecule has 2 aromatic rings. The third kappa shape index (κ3) is 3.21. The van der Waals surface area contributed by atoms with Crippen LogP contribution in [-0.2, 0) is 0 Å². The van der Waals surface area contributed by atoms with Gasteiger partial charge in [0.2, 0.25) is 0 Å². The molecule has 1 amide bonds. The molecule has 1 atom stereocenters. The second-order valence-corrected chi connectivity index (χ2v) is 4.88. The molecule has 0 aliphatic carbocycles. The van der Waals surface area contributed by atoms with Crippen molar-refractivity contribution < 1.29 is 9.21 Å².